The molecular formula is C35H36N6O5. The number of benzene rings is 3. The minimum Gasteiger partial charge on any atom is -0.491 e. The third-order valence-electron chi connectivity index (χ3n) is 7.89. The molecule has 1 aliphatic heterocycles. The van der Waals surface area contributed by atoms with Crippen LogP contribution in [0.3, 0.4) is 0 Å². The van der Waals surface area contributed by atoms with Gasteiger partial charge in [0.05, 0.1) is 23.4 Å². The van der Waals surface area contributed by atoms with Crippen molar-refractivity contribution in [3.05, 3.63) is 120 Å². The molecule has 0 bridgehead atoms. The van der Waals surface area contributed by atoms with Crippen molar-refractivity contribution in [1.29, 1.82) is 5.26 Å². The van der Waals surface area contributed by atoms with E-state index in [1.54, 1.807) is 30.5 Å². The van der Waals surface area contributed by atoms with E-state index in [1.165, 1.54) is 13.2 Å². The van der Waals surface area contributed by atoms with Gasteiger partial charge in [-0.15, -0.1) is 0 Å². The zero-order valence-electron chi connectivity index (χ0n) is 25.5. The highest BCUT2D eigenvalue weighted by Crippen LogP contribution is 2.32. The topological polar surface area (TPSA) is 150 Å². The van der Waals surface area contributed by atoms with E-state index in [2.05, 4.69) is 26.7 Å². The molecule has 1 fully saturated rings. The highest BCUT2D eigenvalue weighted by Gasteiger charge is 2.37. The fraction of sp³-hybridized carbons (Fsp3) is 0.286. The summed E-state index contributed by atoms with van der Waals surface area (Å²) in [7, 11) is 1.40. The number of anilines is 1. The molecule has 46 heavy (non-hydrogen) atoms. The van der Waals surface area contributed by atoms with Crippen LogP contribution in [0.25, 0.3) is 0 Å². The first-order valence-electron chi connectivity index (χ1n) is 15.1. The number of hydrogen-bond acceptors (Lipinski definition) is 8. The maximum Gasteiger partial charge on any atom is 0.407 e. The molecule has 1 saturated heterocycles. The molecular weight excluding hydrogens is 584 g/mol. The molecule has 11 nitrogen and oxygen atoms in total. The first kappa shape index (κ1) is 32.1. The lowest BCUT2D eigenvalue weighted by Gasteiger charge is -2.33. The molecule has 1 aliphatic rings. The van der Waals surface area contributed by atoms with E-state index >= 15 is 0 Å². The number of amides is 2. The number of carbonyl (C=O) groups excluding carboxylic acids is 1. The van der Waals surface area contributed by atoms with Gasteiger partial charge < -0.3 is 25.2 Å². The van der Waals surface area contributed by atoms with Gasteiger partial charge >= 0.3 is 6.09 Å². The number of nitriles is 1. The van der Waals surface area contributed by atoms with Crippen molar-refractivity contribution in [3.63, 3.8) is 0 Å². The number of aryl methyl sites for hydroxylation is 1. The van der Waals surface area contributed by atoms with E-state index < -0.39 is 24.0 Å². The molecule has 11 heteroatoms. The van der Waals surface area contributed by atoms with Gasteiger partial charge in [-0.1, -0.05) is 60.7 Å². The van der Waals surface area contributed by atoms with E-state index in [4.69, 9.17) is 14.7 Å². The maximum atomic E-state index is 14.0. The predicted octanol–water partition coefficient (Wildman–Crippen LogP) is 4.47. The van der Waals surface area contributed by atoms with E-state index in [0.717, 1.165) is 16.0 Å². The van der Waals surface area contributed by atoms with Gasteiger partial charge in [-0.3, -0.25) is 14.7 Å². The number of rotatable bonds is 12. The molecule has 0 spiro atoms. The molecule has 3 N–H and O–H groups in total. The van der Waals surface area contributed by atoms with E-state index in [9.17, 15) is 14.7 Å². The fourth-order valence-electron chi connectivity index (χ4n) is 5.55. The average molecular weight is 621 g/mol. The molecule has 3 atom stereocenters. The number of carboxylic acid groups (broad SMARTS) is 1. The molecule has 5 rings (SSSR count). The second kappa shape index (κ2) is 15.6. The Morgan fingerprint density at radius 2 is 1.63 bits per heavy atom. The van der Waals surface area contributed by atoms with Crippen LogP contribution >= 0.6 is 0 Å². The number of likely N-dealkylation sites (N-methyl/N-ethyl adjacent to an activating group) is 1. The van der Waals surface area contributed by atoms with Crippen molar-refractivity contribution in [2.45, 2.75) is 37.0 Å². The first-order chi connectivity index (χ1) is 22.4. The number of hydrogen-bond donors (Lipinski definition) is 3. The van der Waals surface area contributed by atoms with Crippen LogP contribution in [0.15, 0.2) is 97.3 Å². The lowest BCUT2D eigenvalue weighted by molar-refractivity contribution is -0.120. The summed E-state index contributed by atoms with van der Waals surface area (Å²) in [4.78, 5) is 36.2. The summed E-state index contributed by atoms with van der Waals surface area (Å²) in [6, 6.07) is 26.7. The Bertz CT molecular complexity index is 1590. The number of nitrogens with one attached hydrogen (secondary N) is 2. The van der Waals surface area contributed by atoms with Crippen LogP contribution in [-0.4, -0.2) is 77.0 Å². The van der Waals surface area contributed by atoms with Gasteiger partial charge in [-0.25, -0.2) is 9.78 Å². The van der Waals surface area contributed by atoms with Gasteiger partial charge in [0.15, 0.2) is 5.82 Å². The van der Waals surface area contributed by atoms with Crippen molar-refractivity contribution < 1.29 is 24.2 Å². The van der Waals surface area contributed by atoms with Crippen molar-refractivity contribution in [1.82, 2.24) is 20.2 Å². The highest BCUT2D eigenvalue weighted by molar-refractivity contribution is 5.97. The molecule has 0 saturated carbocycles. The minimum absolute atomic E-state index is 0.125. The van der Waals surface area contributed by atoms with Gasteiger partial charge in [0.1, 0.15) is 24.5 Å². The van der Waals surface area contributed by atoms with Crippen LogP contribution in [0.2, 0.25) is 0 Å². The number of morpholine rings is 1. The van der Waals surface area contributed by atoms with Crippen molar-refractivity contribution >= 4 is 17.8 Å². The van der Waals surface area contributed by atoms with Gasteiger partial charge in [-0.05, 0) is 48.2 Å². The van der Waals surface area contributed by atoms with Crippen LogP contribution in [0.5, 0.6) is 5.75 Å². The SMILES string of the molecule is CN(C(=O)O)[C@H](C(=O)Nc1nccnc1CC[C@@H]1CNC[C@@H](COc2ccc(C#N)cc2)O1)C(c1ccccc1)c1ccccc1. The van der Waals surface area contributed by atoms with Crippen LogP contribution in [0.4, 0.5) is 10.6 Å². The van der Waals surface area contributed by atoms with Gasteiger partial charge in [0.2, 0.25) is 5.91 Å². The highest BCUT2D eigenvalue weighted by atomic mass is 16.5. The molecule has 2 amide bonds. The monoisotopic (exact) mass is 620 g/mol. The lowest BCUT2D eigenvalue weighted by Crippen LogP contribution is -2.48. The number of ether oxygens (including phenoxy) is 2. The van der Waals surface area contributed by atoms with Crippen molar-refractivity contribution in [2.75, 3.05) is 32.1 Å². The van der Waals surface area contributed by atoms with Gasteiger partial charge in [0.25, 0.3) is 0 Å². The average Bonchev–Trinajstić information content (AvgIpc) is 3.10. The maximum absolute atomic E-state index is 14.0. The van der Waals surface area contributed by atoms with Crippen LogP contribution in [0.1, 0.15) is 34.7 Å². The van der Waals surface area contributed by atoms with Crippen LogP contribution < -0.4 is 15.4 Å². The quantitative estimate of drug-likeness (QED) is 0.209. The fourth-order valence-corrected chi connectivity index (χ4v) is 5.55. The molecule has 0 aliphatic carbocycles. The van der Waals surface area contributed by atoms with Gasteiger partial charge in [0, 0.05) is 38.4 Å². The number of aromatic nitrogens is 2. The molecule has 0 unspecified atom stereocenters. The normalized spacial score (nSPS) is 16.6. The molecule has 4 aromatic rings. The Hall–Kier alpha value is -5.31. The third-order valence-corrected chi connectivity index (χ3v) is 7.89. The largest absolute Gasteiger partial charge is 0.491 e. The second-order valence-electron chi connectivity index (χ2n) is 11.0. The lowest BCUT2D eigenvalue weighted by atomic mass is 9.84. The predicted molar refractivity (Wildman–Crippen MR) is 171 cm³/mol. The van der Waals surface area contributed by atoms with Crippen molar-refractivity contribution in [3.8, 4) is 11.8 Å². The Morgan fingerprint density at radius 1 is 1.00 bits per heavy atom. The zero-order chi connectivity index (χ0) is 32.3. The Morgan fingerprint density at radius 3 is 2.26 bits per heavy atom. The molecule has 3 aromatic carbocycles. The standard InChI is InChI=1S/C35H36N6O5/c1-41(35(43)44)32(31(25-8-4-2-5-9-25)26-10-6-3-7-11-26)34(42)40-33-30(38-18-19-39-33)17-16-28-21-37-22-29(46-28)23-45-27-14-12-24(20-36)13-15-27/h2-15,18-19,28-29,31-32,37H,16-17,21-23H2,1H3,(H,43,44)(H,39,40,42)/t28-,29+,32+/m1/s1. The molecule has 2 heterocycles. The summed E-state index contributed by atoms with van der Waals surface area (Å²) in [5.74, 6) is -0.146. The van der Waals surface area contributed by atoms with E-state index in [-0.39, 0.29) is 18.0 Å². The molecule has 1 aromatic heterocycles. The number of carbonyl (C=O) groups is 2. The van der Waals surface area contributed by atoms with Crippen LogP contribution in [-0.2, 0) is 16.0 Å². The third kappa shape index (κ3) is 8.24. The van der Waals surface area contributed by atoms with Crippen molar-refractivity contribution in [2.24, 2.45) is 0 Å². The summed E-state index contributed by atoms with van der Waals surface area (Å²) in [5.41, 5.74) is 2.75. The summed E-state index contributed by atoms with van der Waals surface area (Å²) < 4.78 is 12.1. The second-order valence-corrected chi connectivity index (χ2v) is 11.0. The molecule has 236 valence electrons. The van der Waals surface area contributed by atoms with Gasteiger partial charge in [-0.2, -0.15) is 5.26 Å². The van der Waals surface area contributed by atoms with E-state index in [0.29, 0.717) is 49.5 Å². The Kier molecular flexibility index (Phi) is 10.9. The summed E-state index contributed by atoms with van der Waals surface area (Å²) in [5, 5.41) is 25.3. The molecule has 0 radical (unpaired) electrons. The Labute approximate surface area is 267 Å². The first-order valence-corrected chi connectivity index (χ1v) is 15.1. The number of nitrogens with zero attached hydrogens (tertiary/aromatic N) is 4. The van der Waals surface area contributed by atoms with E-state index in [1.807, 2.05) is 60.7 Å². The Balaban J connectivity index is 1.27. The summed E-state index contributed by atoms with van der Waals surface area (Å²) in [6.45, 7) is 1.64. The smallest absolute Gasteiger partial charge is 0.407 e. The van der Waals surface area contributed by atoms with Crippen LogP contribution in [0, 0.1) is 11.3 Å². The minimum atomic E-state index is -1.23. The zero-order valence-corrected chi connectivity index (χ0v) is 25.5. The summed E-state index contributed by atoms with van der Waals surface area (Å²) >= 11 is 0. The summed E-state index contributed by atoms with van der Waals surface area (Å²) in [6.07, 6.45) is 2.62.